The molecule has 3 heterocycles. The van der Waals surface area contributed by atoms with Gasteiger partial charge in [0.2, 0.25) is 0 Å². The van der Waals surface area contributed by atoms with Gasteiger partial charge in [-0.2, -0.15) is 0 Å². The zero-order valence-electron chi connectivity index (χ0n) is 21.7. The molecular formula is C29H25ClN2O6S. The molecule has 4 aromatic rings. The topological polar surface area (TPSA) is 92.3 Å². The first-order valence-electron chi connectivity index (χ1n) is 12.1. The maximum absolute atomic E-state index is 13.8. The number of esters is 1. The van der Waals surface area contributed by atoms with Gasteiger partial charge in [0.15, 0.2) is 16.3 Å². The number of fused-ring (bicyclic) bond motifs is 1. The molecule has 10 heteroatoms. The van der Waals surface area contributed by atoms with E-state index < -0.39 is 12.0 Å². The SMILES string of the molecule is CCOC(=O)C1=C(C)N=c2s/c(=C\c3ccc(-c4cccc(Cl)c4)o3)c(=O)n2C1c1ccc(OC)c(OC)c1. The lowest BCUT2D eigenvalue weighted by Crippen LogP contribution is -2.39. The van der Waals surface area contributed by atoms with Gasteiger partial charge in [-0.25, -0.2) is 9.79 Å². The number of carbonyl (C=O) groups is 1. The lowest BCUT2D eigenvalue weighted by molar-refractivity contribution is -0.139. The number of halogens is 1. The minimum absolute atomic E-state index is 0.187. The molecule has 0 radical (unpaired) electrons. The number of thiazole rings is 1. The summed E-state index contributed by atoms with van der Waals surface area (Å²) in [5.74, 6) is 1.59. The minimum atomic E-state index is -0.777. The summed E-state index contributed by atoms with van der Waals surface area (Å²) in [5.41, 5.74) is 1.92. The normalized spacial score (nSPS) is 15.1. The molecule has 0 amide bonds. The summed E-state index contributed by atoms with van der Waals surface area (Å²) in [6.07, 6.45) is 1.67. The Bertz CT molecular complexity index is 1780. The van der Waals surface area contributed by atoms with E-state index in [2.05, 4.69) is 4.99 Å². The fraction of sp³-hybridized carbons (Fsp3) is 0.207. The van der Waals surface area contributed by atoms with Crippen molar-refractivity contribution in [1.29, 1.82) is 0 Å². The van der Waals surface area contributed by atoms with Gasteiger partial charge >= 0.3 is 5.97 Å². The zero-order chi connectivity index (χ0) is 27.7. The summed E-state index contributed by atoms with van der Waals surface area (Å²) in [5, 5.41) is 0.599. The summed E-state index contributed by atoms with van der Waals surface area (Å²) in [4.78, 5) is 32.0. The number of ether oxygens (including phenoxy) is 3. The van der Waals surface area contributed by atoms with Crippen molar-refractivity contribution < 1.29 is 23.4 Å². The number of carbonyl (C=O) groups excluding carboxylic acids is 1. The molecule has 1 aliphatic heterocycles. The maximum atomic E-state index is 13.8. The number of nitrogens with zero attached hydrogens (tertiary/aromatic N) is 2. The van der Waals surface area contributed by atoms with Crippen molar-refractivity contribution in [2.45, 2.75) is 19.9 Å². The average Bonchev–Trinajstić information content (AvgIpc) is 3.52. The number of hydrogen-bond donors (Lipinski definition) is 0. The Morgan fingerprint density at radius 1 is 1.13 bits per heavy atom. The summed E-state index contributed by atoms with van der Waals surface area (Å²) < 4.78 is 24.1. The lowest BCUT2D eigenvalue weighted by atomic mass is 9.95. The number of methoxy groups -OCH3 is 2. The van der Waals surface area contributed by atoms with Crippen LogP contribution in [0.1, 0.15) is 31.2 Å². The van der Waals surface area contributed by atoms with E-state index in [1.54, 1.807) is 63.4 Å². The molecular weight excluding hydrogens is 540 g/mol. The summed E-state index contributed by atoms with van der Waals surface area (Å²) >= 11 is 7.34. The summed E-state index contributed by atoms with van der Waals surface area (Å²) in [7, 11) is 3.07. The minimum Gasteiger partial charge on any atom is -0.493 e. The molecule has 2 aromatic heterocycles. The Morgan fingerprint density at radius 2 is 1.92 bits per heavy atom. The standard InChI is InChI=1S/C29H25ClN2O6S/c1-5-37-28(34)25-16(2)31-29-32(26(25)18-9-11-22(35-3)23(14-18)36-4)27(33)24(39-29)15-20-10-12-21(38-20)17-7-6-8-19(30)13-17/h6-15,26H,5H2,1-4H3/b24-15-. The van der Waals surface area contributed by atoms with Crippen molar-refractivity contribution in [3.05, 3.63) is 102 Å². The molecule has 2 aromatic carbocycles. The highest BCUT2D eigenvalue weighted by Gasteiger charge is 2.34. The van der Waals surface area contributed by atoms with E-state index in [0.717, 1.165) is 5.56 Å². The highest BCUT2D eigenvalue weighted by molar-refractivity contribution is 7.07. The van der Waals surface area contributed by atoms with Gasteiger partial charge in [-0.1, -0.05) is 41.1 Å². The van der Waals surface area contributed by atoms with E-state index in [-0.39, 0.29) is 17.7 Å². The van der Waals surface area contributed by atoms with E-state index in [9.17, 15) is 9.59 Å². The first-order chi connectivity index (χ1) is 18.8. The van der Waals surface area contributed by atoms with Gasteiger partial charge < -0.3 is 18.6 Å². The number of furan rings is 1. The largest absolute Gasteiger partial charge is 0.493 e. The third-order valence-corrected chi connectivity index (χ3v) is 7.47. The molecule has 1 aliphatic rings. The molecule has 0 bridgehead atoms. The number of benzene rings is 2. The van der Waals surface area contributed by atoms with Crippen LogP contribution in [0.4, 0.5) is 0 Å². The van der Waals surface area contributed by atoms with Crippen LogP contribution < -0.4 is 24.4 Å². The lowest BCUT2D eigenvalue weighted by Gasteiger charge is -2.25. The van der Waals surface area contributed by atoms with Crippen LogP contribution in [0.3, 0.4) is 0 Å². The number of allylic oxidation sites excluding steroid dienone is 1. The van der Waals surface area contributed by atoms with Crippen molar-refractivity contribution in [1.82, 2.24) is 4.57 Å². The fourth-order valence-corrected chi connectivity index (χ4v) is 5.70. The molecule has 0 N–H and O–H groups in total. The predicted molar refractivity (Wildman–Crippen MR) is 149 cm³/mol. The fourth-order valence-electron chi connectivity index (χ4n) is 4.49. The average molecular weight is 565 g/mol. The number of aromatic nitrogens is 1. The molecule has 0 fully saturated rings. The van der Waals surface area contributed by atoms with Crippen molar-refractivity contribution in [3.8, 4) is 22.8 Å². The summed E-state index contributed by atoms with van der Waals surface area (Å²) in [6, 6.07) is 15.5. The van der Waals surface area contributed by atoms with Gasteiger partial charge in [0.25, 0.3) is 5.56 Å². The Kier molecular flexibility index (Phi) is 7.45. The molecule has 1 unspecified atom stereocenters. The van der Waals surface area contributed by atoms with E-state index in [0.29, 0.717) is 48.6 Å². The molecule has 200 valence electrons. The van der Waals surface area contributed by atoms with Crippen LogP contribution in [0.5, 0.6) is 11.5 Å². The summed E-state index contributed by atoms with van der Waals surface area (Å²) in [6.45, 7) is 3.66. The molecule has 39 heavy (non-hydrogen) atoms. The van der Waals surface area contributed by atoms with Crippen LogP contribution in [-0.4, -0.2) is 31.4 Å². The molecule has 1 atom stereocenters. The maximum Gasteiger partial charge on any atom is 0.338 e. The third-order valence-electron chi connectivity index (χ3n) is 6.25. The van der Waals surface area contributed by atoms with Gasteiger partial charge in [-0.05, 0) is 55.8 Å². The Hall–Kier alpha value is -4.08. The quantitative estimate of drug-likeness (QED) is 0.301. The molecule has 0 saturated heterocycles. The Morgan fingerprint density at radius 3 is 2.64 bits per heavy atom. The van der Waals surface area contributed by atoms with Crippen molar-refractivity contribution in [3.63, 3.8) is 0 Å². The van der Waals surface area contributed by atoms with Crippen LogP contribution in [0.15, 0.2) is 80.1 Å². The molecule has 0 aliphatic carbocycles. The first-order valence-corrected chi connectivity index (χ1v) is 13.3. The molecule has 5 rings (SSSR count). The second kappa shape index (κ2) is 11.0. The van der Waals surface area contributed by atoms with E-state index in [4.69, 9.17) is 30.2 Å². The van der Waals surface area contributed by atoms with E-state index in [1.807, 2.05) is 18.2 Å². The van der Waals surface area contributed by atoms with Crippen LogP contribution in [0.25, 0.3) is 17.4 Å². The van der Waals surface area contributed by atoms with Crippen molar-refractivity contribution >= 4 is 35.0 Å². The Balaban J connectivity index is 1.66. The molecule has 0 spiro atoms. The van der Waals surface area contributed by atoms with Crippen LogP contribution >= 0.6 is 22.9 Å². The highest BCUT2D eigenvalue weighted by atomic mass is 35.5. The highest BCUT2D eigenvalue weighted by Crippen LogP contribution is 2.36. The van der Waals surface area contributed by atoms with Gasteiger partial charge in [0, 0.05) is 16.7 Å². The zero-order valence-corrected chi connectivity index (χ0v) is 23.3. The predicted octanol–water partition coefficient (Wildman–Crippen LogP) is 4.73. The smallest absolute Gasteiger partial charge is 0.338 e. The second-order valence-corrected chi connectivity index (χ2v) is 10.1. The monoisotopic (exact) mass is 564 g/mol. The van der Waals surface area contributed by atoms with Gasteiger partial charge in [-0.3, -0.25) is 9.36 Å². The van der Waals surface area contributed by atoms with Gasteiger partial charge in [0.1, 0.15) is 11.5 Å². The van der Waals surface area contributed by atoms with Crippen LogP contribution in [0.2, 0.25) is 5.02 Å². The number of hydrogen-bond acceptors (Lipinski definition) is 8. The van der Waals surface area contributed by atoms with Crippen molar-refractivity contribution in [2.24, 2.45) is 4.99 Å². The number of rotatable bonds is 7. The van der Waals surface area contributed by atoms with Crippen LogP contribution in [0, 0.1) is 0 Å². The third kappa shape index (κ3) is 5.03. The van der Waals surface area contributed by atoms with Gasteiger partial charge in [0.05, 0.1) is 42.7 Å². The second-order valence-electron chi connectivity index (χ2n) is 8.63. The van der Waals surface area contributed by atoms with Gasteiger partial charge in [-0.15, -0.1) is 0 Å². The molecule has 0 saturated carbocycles. The van der Waals surface area contributed by atoms with Crippen molar-refractivity contribution in [2.75, 3.05) is 20.8 Å². The van der Waals surface area contributed by atoms with E-state index in [1.165, 1.54) is 23.0 Å². The first kappa shape index (κ1) is 26.5. The Labute approximate surface area is 233 Å². The van der Waals surface area contributed by atoms with Crippen LogP contribution in [-0.2, 0) is 9.53 Å². The van der Waals surface area contributed by atoms with E-state index >= 15 is 0 Å². The molecule has 8 nitrogen and oxygen atoms in total.